The summed E-state index contributed by atoms with van der Waals surface area (Å²) < 4.78 is 5.77. The molecule has 2 N–H and O–H groups in total. The predicted octanol–water partition coefficient (Wildman–Crippen LogP) is 3.20. The summed E-state index contributed by atoms with van der Waals surface area (Å²) >= 11 is 0. The number of hydrogen-bond donors (Lipinski definition) is 2. The Kier molecular flexibility index (Phi) is 6.30. The number of hydrogen-bond acceptors (Lipinski definition) is 5. The van der Waals surface area contributed by atoms with Crippen LogP contribution in [0.1, 0.15) is 22.5 Å². The highest BCUT2D eigenvalue weighted by molar-refractivity contribution is 5.92. The van der Waals surface area contributed by atoms with E-state index in [0.29, 0.717) is 30.0 Å². The molecule has 3 aromatic rings. The molecule has 2 amide bonds. The number of carbonyl (C=O) groups is 2. The van der Waals surface area contributed by atoms with Crippen LogP contribution in [0.5, 0.6) is 11.5 Å². The van der Waals surface area contributed by atoms with Gasteiger partial charge in [0.1, 0.15) is 17.2 Å². The van der Waals surface area contributed by atoms with Crippen molar-refractivity contribution >= 4 is 17.5 Å². The maximum absolute atomic E-state index is 12.0. The minimum atomic E-state index is -0.273. The molecule has 1 aromatic carbocycles. The Bertz CT molecular complexity index is 943. The fourth-order valence-electron chi connectivity index (χ4n) is 2.51. The van der Waals surface area contributed by atoms with Crippen LogP contribution in [0.3, 0.4) is 0 Å². The van der Waals surface area contributed by atoms with E-state index < -0.39 is 0 Å². The van der Waals surface area contributed by atoms with Gasteiger partial charge in [0.2, 0.25) is 5.91 Å². The Balaban J connectivity index is 1.53. The minimum Gasteiger partial charge on any atom is -0.457 e. The smallest absolute Gasteiger partial charge is 0.269 e. The van der Waals surface area contributed by atoms with Gasteiger partial charge >= 0.3 is 0 Å². The number of aromatic nitrogens is 2. The summed E-state index contributed by atoms with van der Waals surface area (Å²) in [6.45, 7) is 0. The van der Waals surface area contributed by atoms with Gasteiger partial charge in [0, 0.05) is 31.9 Å². The highest BCUT2D eigenvalue weighted by Crippen LogP contribution is 2.22. The molecule has 0 aliphatic carbocycles. The van der Waals surface area contributed by atoms with Gasteiger partial charge in [0.05, 0.1) is 11.9 Å². The summed E-state index contributed by atoms with van der Waals surface area (Å²) in [6.07, 6.45) is 5.77. The van der Waals surface area contributed by atoms with E-state index in [1.165, 1.54) is 6.20 Å². The molecule has 0 aliphatic heterocycles. The van der Waals surface area contributed by atoms with Gasteiger partial charge in [-0.25, -0.2) is 0 Å². The summed E-state index contributed by atoms with van der Waals surface area (Å²) in [5.74, 6) is 0.826. The summed E-state index contributed by atoms with van der Waals surface area (Å²) in [6, 6.07) is 14.3. The Morgan fingerprint density at radius 2 is 1.86 bits per heavy atom. The molecule has 0 unspecified atom stereocenters. The zero-order chi connectivity index (χ0) is 19.8. The molecule has 0 atom stereocenters. The largest absolute Gasteiger partial charge is 0.457 e. The molecular formula is C21H20N4O3. The number of carbonyl (C=O) groups excluding carboxylic acids is 2. The van der Waals surface area contributed by atoms with Crippen LogP contribution >= 0.6 is 0 Å². The van der Waals surface area contributed by atoms with E-state index in [1.807, 2.05) is 24.3 Å². The predicted molar refractivity (Wildman–Crippen MR) is 105 cm³/mol. The van der Waals surface area contributed by atoms with Crippen molar-refractivity contribution in [2.45, 2.75) is 12.8 Å². The van der Waals surface area contributed by atoms with E-state index in [0.717, 1.165) is 5.56 Å². The number of anilines is 1. The Morgan fingerprint density at radius 1 is 1.04 bits per heavy atom. The number of nitrogens with zero attached hydrogens (tertiary/aromatic N) is 2. The molecule has 7 nitrogen and oxygen atoms in total. The van der Waals surface area contributed by atoms with Crippen LogP contribution in [0.2, 0.25) is 0 Å². The van der Waals surface area contributed by atoms with Gasteiger partial charge in [0.25, 0.3) is 5.91 Å². The average Bonchev–Trinajstić information content (AvgIpc) is 2.73. The average molecular weight is 376 g/mol. The van der Waals surface area contributed by atoms with Crippen molar-refractivity contribution in [2.24, 2.45) is 0 Å². The van der Waals surface area contributed by atoms with E-state index >= 15 is 0 Å². The Labute approximate surface area is 162 Å². The maximum Gasteiger partial charge on any atom is 0.269 e. The molecule has 2 heterocycles. The second kappa shape index (κ2) is 9.27. The highest BCUT2D eigenvalue weighted by Gasteiger charge is 2.07. The van der Waals surface area contributed by atoms with Crippen molar-refractivity contribution in [3.05, 3.63) is 78.4 Å². The molecule has 7 heteroatoms. The third-order valence-electron chi connectivity index (χ3n) is 3.94. The van der Waals surface area contributed by atoms with Gasteiger partial charge in [-0.15, -0.1) is 0 Å². The zero-order valence-electron chi connectivity index (χ0n) is 15.4. The molecule has 0 bridgehead atoms. The molecule has 3 rings (SSSR count). The van der Waals surface area contributed by atoms with Crippen LogP contribution in [0, 0.1) is 0 Å². The zero-order valence-corrected chi connectivity index (χ0v) is 15.4. The lowest BCUT2D eigenvalue weighted by Crippen LogP contribution is -2.18. The number of rotatable bonds is 7. The molecule has 28 heavy (non-hydrogen) atoms. The third kappa shape index (κ3) is 5.38. The lowest BCUT2D eigenvalue weighted by Gasteiger charge is -2.08. The lowest BCUT2D eigenvalue weighted by molar-refractivity contribution is -0.116. The van der Waals surface area contributed by atoms with Crippen LogP contribution in [-0.2, 0) is 11.2 Å². The van der Waals surface area contributed by atoms with E-state index in [9.17, 15) is 9.59 Å². The normalized spacial score (nSPS) is 10.2. The number of ether oxygens (including phenoxy) is 1. The second-order valence-electron chi connectivity index (χ2n) is 5.99. The quantitative estimate of drug-likeness (QED) is 0.660. The van der Waals surface area contributed by atoms with Crippen molar-refractivity contribution in [2.75, 3.05) is 12.4 Å². The van der Waals surface area contributed by atoms with Crippen molar-refractivity contribution < 1.29 is 14.3 Å². The molecule has 0 spiro atoms. The number of pyridine rings is 2. The highest BCUT2D eigenvalue weighted by atomic mass is 16.5. The standard InChI is InChI=1S/C21H20N4O3/c1-22-21(27)19-13-18(10-12-24-19)28-17-7-4-15(5-8-17)6-9-20(26)25-16-3-2-11-23-14-16/h2-5,7-8,10-14H,6,9H2,1H3,(H,22,27)(H,25,26). The monoisotopic (exact) mass is 376 g/mol. The van der Waals surface area contributed by atoms with Gasteiger partial charge < -0.3 is 15.4 Å². The summed E-state index contributed by atoms with van der Waals surface area (Å²) in [4.78, 5) is 31.6. The number of benzene rings is 1. The minimum absolute atomic E-state index is 0.0631. The molecule has 0 aliphatic rings. The molecule has 142 valence electrons. The van der Waals surface area contributed by atoms with E-state index in [2.05, 4.69) is 20.6 Å². The van der Waals surface area contributed by atoms with Crippen molar-refractivity contribution in [1.82, 2.24) is 15.3 Å². The molecule has 0 saturated carbocycles. The van der Waals surface area contributed by atoms with Crippen LogP contribution in [0.15, 0.2) is 67.1 Å². The van der Waals surface area contributed by atoms with Crippen LogP contribution in [0.4, 0.5) is 5.69 Å². The molecule has 0 fully saturated rings. The number of nitrogens with one attached hydrogen (secondary N) is 2. The Hall–Kier alpha value is -3.74. The summed E-state index contributed by atoms with van der Waals surface area (Å²) in [7, 11) is 1.55. The maximum atomic E-state index is 12.0. The van der Waals surface area contributed by atoms with Gasteiger partial charge in [-0.05, 0) is 42.3 Å². The lowest BCUT2D eigenvalue weighted by atomic mass is 10.1. The topological polar surface area (TPSA) is 93.2 Å². The van der Waals surface area contributed by atoms with Crippen molar-refractivity contribution in [3.63, 3.8) is 0 Å². The summed E-state index contributed by atoms with van der Waals surface area (Å²) in [5.41, 5.74) is 2.00. The van der Waals surface area contributed by atoms with Crippen LogP contribution < -0.4 is 15.4 Å². The first-order valence-electron chi connectivity index (χ1n) is 8.79. The van der Waals surface area contributed by atoms with Gasteiger partial charge in [-0.1, -0.05) is 12.1 Å². The van der Waals surface area contributed by atoms with Crippen LogP contribution in [0.25, 0.3) is 0 Å². The Morgan fingerprint density at radius 3 is 2.57 bits per heavy atom. The molecule has 0 saturated heterocycles. The summed E-state index contributed by atoms with van der Waals surface area (Å²) in [5, 5.41) is 5.34. The van der Waals surface area contributed by atoms with Gasteiger partial charge in [0.15, 0.2) is 0 Å². The van der Waals surface area contributed by atoms with Gasteiger partial charge in [-0.2, -0.15) is 0 Å². The van der Waals surface area contributed by atoms with E-state index in [1.54, 1.807) is 43.7 Å². The fourth-order valence-corrected chi connectivity index (χ4v) is 2.51. The van der Waals surface area contributed by atoms with E-state index in [-0.39, 0.29) is 17.5 Å². The molecule has 0 radical (unpaired) electrons. The first-order chi connectivity index (χ1) is 13.6. The first-order valence-corrected chi connectivity index (χ1v) is 8.79. The number of aryl methyl sites for hydroxylation is 1. The van der Waals surface area contributed by atoms with Crippen LogP contribution in [-0.4, -0.2) is 28.8 Å². The number of amides is 2. The van der Waals surface area contributed by atoms with Crippen molar-refractivity contribution in [1.29, 1.82) is 0 Å². The molecular weight excluding hydrogens is 356 g/mol. The third-order valence-corrected chi connectivity index (χ3v) is 3.94. The van der Waals surface area contributed by atoms with Crippen molar-refractivity contribution in [3.8, 4) is 11.5 Å². The second-order valence-corrected chi connectivity index (χ2v) is 5.99. The van der Waals surface area contributed by atoms with Gasteiger partial charge in [-0.3, -0.25) is 19.6 Å². The fraction of sp³-hybridized carbons (Fsp3) is 0.143. The first kappa shape index (κ1) is 19.0. The SMILES string of the molecule is CNC(=O)c1cc(Oc2ccc(CCC(=O)Nc3cccnc3)cc2)ccn1. The molecule has 2 aromatic heterocycles. The van der Waals surface area contributed by atoms with E-state index in [4.69, 9.17) is 4.74 Å².